The lowest BCUT2D eigenvalue weighted by atomic mass is 10.1. The van der Waals surface area contributed by atoms with Crippen LogP contribution in [0.2, 0.25) is 0 Å². The Morgan fingerprint density at radius 3 is 2.60 bits per heavy atom. The van der Waals surface area contributed by atoms with Crippen molar-refractivity contribution in [2.75, 3.05) is 18.9 Å². The van der Waals surface area contributed by atoms with E-state index in [0.29, 0.717) is 13.0 Å². The number of rotatable bonds is 3. The van der Waals surface area contributed by atoms with Crippen LogP contribution in [0.25, 0.3) is 0 Å². The molecule has 1 aromatic carbocycles. The Balaban J connectivity index is 2.08. The number of ether oxygens (including phenoxy) is 2. The van der Waals surface area contributed by atoms with Crippen molar-refractivity contribution in [1.29, 1.82) is 0 Å². The number of alkyl halides is 3. The van der Waals surface area contributed by atoms with Crippen LogP contribution in [0.1, 0.15) is 39.2 Å². The van der Waals surface area contributed by atoms with E-state index in [-0.39, 0.29) is 24.1 Å². The number of likely N-dealkylation sites (tertiary alicyclic amines) is 1. The van der Waals surface area contributed by atoms with Crippen LogP contribution in [-0.4, -0.2) is 35.8 Å². The summed E-state index contributed by atoms with van der Waals surface area (Å²) >= 11 is 0. The molecular weight excluding hydrogens is 337 g/mol. The second-order valence-corrected chi connectivity index (χ2v) is 7.03. The van der Waals surface area contributed by atoms with Crippen LogP contribution >= 0.6 is 0 Å². The summed E-state index contributed by atoms with van der Waals surface area (Å²) in [5.74, 6) is -0.330. The van der Waals surface area contributed by atoms with Crippen LogP contribution in [0.3, 0.4) is 0 Å². The molecule has 0 aliphatic carbocycles. The number of amides is 1. The first-order chi connectivity index (χ1) is 11.5. The fourth-order valence-corrected chi connectivity index (χ4v) is 2.65. The highest BCUT2D eigenvalue weighted by atomic mass is 19.4. The zero-order chi connectivity index (χ0) is 18.8. The molecule has 25 heavy (non-hydrogen) atoms. The quantitative estimate of drug-likeness (QED) is 0.826. The molecule has 1 aromatic rings. The van der Waals surface area contributed by atoms with Crippen LogP contribution in [0.5, 0.6) is 5.75 Å². The van der Waals surface area contributed by atoms with E-state index in [1.807, 2.05) is 0 Å². The molecule has 0 radical (unpaired) electrons. The third-order valence-electron chi connectivity index (χ3n) is 3.75. The number of anilines is 1. The molecule has 1 atom stereocenters. The number of carbonyl (C=O) groups excluding carboxylic acids is 1. The smallest absolute Gasteiger partial charge is 0.419 e. The van der Waals surface area contributed by atoms with E-state index >= 15 is 0 Å². The van der Waals surface area contributed by atoms with Crippen LogP contribution in [0.4, 0.5) is 23.7 Å². The second kappa shape index (κ2) is 7.01. The molecule has 0 aromatic heterocycles. The highest BCUT2D eigenvalue weighted by Gasteiger charge is 2.36. The van der Waals surface area contributed by atoms with Crippen LogP contribution in [0, 0.1) is 0 Å². The summed E-state index contributed by atoms with van der Waals surface area (Å²) in [5.41, 5.74) is 4.22. The Hall–Kier alpha value is -2.12. The Morgan fingerprint density at radius 2 is 2.00 bits per heavy atom. The van der Waals surface area contributed by atoms with E-state index < -0.39 is 23.4 Å². The molecule has 1 heterocycles. The maximum Gasteiger partial charge on any atom is 0.419 e. The normalized spacial score (nSPS) is 18.3. The number of nitrogens with two attached hydrogens (primary N) is 1. The Bertz CT molecular complexity index is 627. The fraction of sp³-hybridized carbons (Fsp3) is 0.588. The second-order valence-electron chi connectivity index (χ2n) is 7.03. The summed E-state index contributed by atoms with van der Waals surface area (Å²) in [7, 11) is 0. The van der Waals surface area contributed by atoms with Gasteiger partial charge < -0.3 is 20.1 Å². The molecule has 1 aliphatic rings. The highest BCUT2D eigenvalue weighted by molar-refractivity contribution is 5.69. The SMILES string of the molecule is CC(C)(C)OC(=O)N1CCCC1COc1cc(N)ccc1C(F)(F)F. The van der Waals surface area contributed by atoms with Crippen LogP contribution in [0.15, 0.2) is 18.2 Å². The maximum atomic E-state index is 13.1. The monoisotopic (exact) mass is 360 g/mol. The predicted molar refractivity (Wildman–Crippen MR) is 87.3 cm³/mol. The Morgan fingerprint density at radius 1 is 1.32 bits per heavy atom. The van der Waals surface area contributed by atoms with Crippen LogP contribution < -0.4 is 10.5 Å². The molecule has 1 unspecified atom stereocenters. The predicted octanol–water partition coefficient (Wildman–Crippen LogP) is 4.07. The molecule has 140 valence electrons. The lowest BCUT2D eigenvalue weighted by molar-refractivity contribution is -0.139. The third kappa shape index (κ3) is 5.17. The summed E-state index contributed by atoms with van der Waals surface area (Å²) in [6, 6.07) is 2.89. The van der Waals surface area contributed by atoms with Gasteiger partial charge in [-0.25, -0.2) is 4.79 Å². The van der Waals surface area contributed by atoms with Gasteiger partial charge >= 0.3 is 12.3 Å². The number of hydrogen-bond donors (Lipinski definition) is 1. The number of hydrogen-bond acceptors (Lipinski definition) is 4. The Labute approximate surface area is 144 Å². The summed E-state index contributed by atoms with van der Waals surface area (Å²) in [4.78, 5) is 13.7. The topological polar surface area (TPSA) is 64.8 Å². The minimum absolute atomic E-state index is 0.0498. The number of nitrogen functional groups attached to an aromatic ring is 1. The number of benzene rings is 1. The first-order valence-corrected chi connectivity index (χ1v) is 8.06. The average molecular weight is 360 g/mol. The molecule has 1 saturated heterocycles. The van der Waals surface area contributed by atoms with E-state index in [4.69, 9.17) is 15.2 Å². The van der Waals surface area contributed by atoms with Gasteiger partial charge in [-0.3, -0.25) is 0 Å². The lowest BCUT2D eigenvalue weighted by Gasteiger charge is -2.28. The summed E-state index contributed by atoms with van der Waals surface area (Å²) in [6.45, 7) is 5.72. The first kappa shape index (κ1) is 19.2. The highest BCUT2D eigenvalue weighted by Crippen LogP contribution is 2.37. The van der Waals surface area contributed by atoms with E-state index in [1.54, 1.807) is 20.8 Å². The molecule has 0 spiro atoms. The van der Waals surface area contributed by atoms with Crippen molar-refractivity contribution >= 4 is 11.8 Å². The molecule has 0 bridgehead atoms. The van der Waals surface area contributed by atoms with Crippen molar-refractivity contribution in [3.63, 3.8) is 0 Å². The van der Waals surface area contributed by atoms with Crippen molar-refractivity contribution in [2.24, 2.45) is 0 Å². The van der Waals surface area contributed by atoms with Gasteiger partial charge in [0.15, 0.2) is 0 Å². The maximum absolute atomic E-state index is 13.1. The molecule has 1 fully saturated rings. The summed E-state index contributed by atoms with van der Waals surface area (Å²) in [5, 5.41) is 0. The Kier molecular flexibility index (Phi) is 5.39. The van der Waals surface area contributed by atoms with Gasteiger partial charge in [-0.15, -0.1) is 0 Å². The van der Waals surface area contributed by atoms with Gasteiger partial charge in [0.1, 0.15) is 18.0 Å². The number of carbonyl (C=O) groups is 1. The molecule has 8 heteroatoms. The van der Waals surface area contributed by atoms with Crippen molar-refractivity contribution < 1.29 is 27.4 Å². The zero-order valence-corrected chi connectivity index (χ0v) is 14.5. The molecule has 1 amide bonds. The lowest BCUT2D eigenvalue weighted by Crippen LogP contribution is -2.42. The van der Waals surface area contributed by atoms with Gasteiger partial charge in [-0.05, 0) is 45.7 Å². The van der Waals surface area contributed by atoms with Crippen molar-refractivity contribution in [1.82, 2.24) is 4.90 Å². The number of halogens is 3. The molecule has 0 saturated carbocycles. The molecule has 1 aliphatic heterocycles. The van der Waals surface area contributed by atoms with Crippen molar-refractivity contribution in [3.05, 3.63) is 23.8 Å². The largest absolute Gasteiger partial charge is 0.491 e. The van der Waals surface area contributed by atoms with Crippen LogP contribution in [-0.2, 0) is 10.9 Å². The van der Waals surface area contributed by atoms with E-state index in [0.717, 1.165) is 18.6 Å². The molecule has 2 rings (SSSR count). The van der Waals surface area contributed by atoms with E-state index in [2.05, 4.69) is 0 Å². The fourth-order valence-electron chi connectivity index (χ4n) is 2.65. The van der Waals surface area contributed by atoms with Crippen molar-refractivity contribution in [2.45, 2.75) is 51.4 Å². The van der Waals surface area contributed by atoms with Gasteiger partial charge in [0.25, 0.3) is 0 Å². The van der Waals surface area contributed by atoms with Gasteiger partial charge in [0.05, 0.1) is 11.6 Å². The molecule has 2 N–H and O–H groups in total. The minimum Gasteiger partial charge on any atom is -0.491 e. The number of nitrogens with zero attached hydrogens (tertiary/aromatic N) is 1. The summed E-state index contributed by atoms with van der Waals surface area (Å²) in [6.07, 6.45) is -3.63. The molecule has 5 nitrogen and oxygen atoms in total. The zero-order valence-electron chi connectivity index (χ0n) is 14.5. The van der Waals surface area contributed by atoms with Crippen molar-refractivity contribution in [3.8, 4) is 5.75 Å². The van der Waals surface area contributed by atoms with E-state index in [1.165, 1.54) is 11.0 Å². The average Bonchev–Trinajstić information content (AvgIpc) is 2.90. The summed E-state index contributed by atoms with van der Waals surface area (Å²) < 4.78 is 49.9. The van der Waals surface area contributed by atoms with Gasteiger partial charge in [-0.2, -0.15) is 13.2 Å². The minimum atomic E-state index is -4.54. The van der Waals surface area contributed by atoms with Gasteiger partial charge in [0, 0.05) is 18.3 Å². The van der Waals surface area contributed by atoms with Gasteiger partial charge in [0.2, 0.25) is 0 Å². The van der Waals surface area contributed by atoms with Gasteiger partial charge in [-0.1, -0.05) is 0 Å². The van der Waals surface area contributed by atoms with E-state index in [9.17, 15) is 18.0 Å². The molecular formula is C17H23F3N2O3. The standard InChI is InChI=1S/C17H23F3N2O3/c1-16(2,3)25-15(23)22-8-4-5-12(22)10-24-14-9-11(21)6-7-13(14)17(18,19)20/h6-7,9,12H,4-5,8,10,21H2,1-3H3. The third-order valence-corrected chi connectivity index (χ3v) is 3.75. The first-order valence-electron chi connectivity index (χ1n) is 8.06.